The van der Waals surface area contributed by atoms with Gasteiger partial charge in [-0.25, -0.2) is 19.6 Å². The molecule has 16 nitrogen and oxygen atoms in total. The fourth-order valence-electron chi connectivity index (χ4n) is 9.60. The van der Waals surface area contributed by atoms with Crippen LogP contribution in [0.25, 0.3) is 44.2 Å². The van der Waals surface area contributed by atoms with Gasteiger partial charge in [-0.2, -0.15) is 0 Å². The van der Waals surface area contributed by atoms with Crippen molar-refractivity contribution in [1.29, 1.82) is 0 Å². The van der Waals surface area contributed by atoms with E-state index < -0.39 is 24.3 Å². The van der Waals surface area contributed by atoms with Gasteiger partial charge < -0.3 is 49.3 Å². The highest BCUT2D eigenvalue weighted by molar-refractivity contribution is 6.07. The van der Waals surface area contributed by atoms with Crippen LogP contribution in [0.4, 0.5) is 9.59 Å². The molecular formula is C47H58N8O8. The second-order valence-corrected chi connectivity index (χ2v) is 17.6. The van der Waals surface area contributed by atoms with Crippen molar-refractivity contribution in [1.82, 2.24) is 40.4 Å². The number of nitrogens with one attached hydrogen (secondary N) is 4. The van der Waals surface area contributed by atoms with Crippen LogP contribution in [0.1, 0.15) is 89.6 Å². The summed E-state index contributed by atoms with van der Waals surface area (Å²) in [5.41, 5.74) is 6.51. The van der Waals surface area contributed by atoms with Crippen LogP contribution in [-0.4, -0.2) is 106 Å². The van der Waals surface area contributed by atoms with Crippen molar-refractivity contribution >= 4 is 45.8 Å². The Kier molecular flexibility index (Phi) is 12.4. The van der Waals surface area contributed by atoms with Gasteiger partial charge in [0.05, 0.1) is 55.8 Å². The number of carbonyl (C=O) groups is 4. The Morgan fingerprint density at radius 2 is 1.65 bits per heavy atom. The topological polar surface area (TPSA) is 193 Å². The number of aromatic amines is 2. The maximum absolute atomic E-state index is 14.1. The van der Waals surface area contributed by atoms with E-state index in [0.717, 1.165) is 68.3 Å². The number of benzene rings is 3. The van der Waals surface area contributed by atoms with Crippen molar-refractivity contribution in [3.63, 3.8) is 0 Å². The summed E-state index contributed by atoms with van der Waals surface area (Å²) in [5, 5.41) is 7.46. The van der Waals surface area contributed by atoms with Crippen molar-refractivity contribution in [3.8, 4) is 28.1 Å². The third-order valence-corrected chi connectivity index (χ3v) is 13.2. The molecule has 5 heterocycles. The van der Waals surface area contributed by atoms with E-state index in [1.165, 1.54) is 14.2 Å². The molecule has 3 aliphatic rings. The molecule has 2 saturated heterocycles. The van der Waals surface area contributed by atoms with Gasteiger partial charge in [0.25, 0.3) is 0 Å². The quantitative estimate of drug-likeness (QED) is 0.0982. The van der Waals surface area contributed by atoms with Gasteiger partial charge in [0.1, 0.15) is 36.1 Å². The van der Waals surface area contributed by atoms with Gasteiger partial charge in [0.2, 0.25) is 11.8 Å². The number of amides is 4. The summed E-state index contributed by atoms with van der Waals surface area (Å²) in [5.74, 6) is 1.68. The zero-order valence-corrected chi connectivity index (χ0v) is 37.2. The Morgan fingerprint density at radius 3 is 2.37 bits per heavy atom. The van der Waals surface area contributed by atoms with Gasteiger partial charge >= 0.3 is 12.2 Å². The van der Waals surface area contributed by atoms with Gasteiger partial charge in [-0.05, 0) is 84.4 Å². The van der Waals surface area contributed by atoms with E-state index in [1.54, 1.807) is 13.3 Å². The van der Waals surface area contributed by atoms with Crippen LogP contribution in [-0.2, 0) is 30.4 Å². The minimum atomic E-state index is -0.741. The number of hydrogen-bond donors (Lipinski definition) is 4. The first-order valence-electron chi connectivity index (χ1n) is 21.9. The molecular weight excluding hydrogens is 805 g/mol. The van der Waals surface area contributed by atoms with Crippen LogP contribution >= 0.6 is 0 Å². The number of hydrogen-bond acceptors (Lipinski definition) is 10. The molecule has 0 bridgehead atoms. The number of methoxy groups -OCH3 is 3. The van der Waals surface area contributed by atoms with Crippen LogP contribution in [0.2, 0.25) is 0 Å². The standard InChI is InChI=1S/C47H58N8O8/c1-9-25(4)40(53-47(59)62-8)44(56)54-21-27(22-60-6)16-37(54)42-48-20-35(50-42)29-11-13-31-30(17-29)23-63-38-19-32-28(18-33(31)38)12-14-34-41(32)51-43(49-34)36-15-10-26(5)55(36)45(57)39(24(2)3)52-46(58)61-7/h11-14,17-20,24-27,36-37,39-40H,9-10,15-16,21-23H2,1-8H3,(H,48,50)(H,49,51)(H,52,58)(H,53,59)/t25-,26-,27-,36?,37?,39-,40-/m0/s1. The Bertz CT molecular complexity index is 2530. The number of ether oxygens (including phenoxy) is 4. The first-order chi connectivity index (χ1) is 30.3. The normalized spacial score (nSPS) is 20.8. The predicted octanol–water partition coefficient (Wildman–Crippen LogP) is 7.40. The highest BCUT2D eigenvalue weighted by atomic mass is 16.5. The second kappa shape index (κ2) is 17.9. The number of aromatic nitrogens is 4. The molecule has 0 saturated carbocycles. The predicted molar refractivity (Wildman–Crippen MR) is 237 cm³/mol. The molecule has 63 heavy (non-hydrogen) atoms. The number of alkyl carbamates (subject to hydrolysis) is 2. The molecule has 16 heteroatoms. The molecule has 2 aromatic heterocycles. The van der Waals surface area contributed by atoms with Crippen molar-refractivity contribution in [2.24, 2.45) is 17.8 Å². The molecule has 5 aromatic rings. The molecule has 0 spiro atoms. The second-order valence-electron chi connectivity index (χ2n) is 17.6. The summed E-state index contributed by atoms with van der Waals surface area (Å²) < 4.78 is 21.6. The molecule has 334 valence electrons. The van der Waals surface area contributed by atoms with Gasteiger partial charge in [0.15, 0.2) is 0 Å². The van der Waals surface area contributed by atoms with E-state index in [4.69, 9.17) is 28.9 Å². The summed E-state index contributed by atoms with van der Waals surface area (Å²) in [6.07, 6.45) is 3.45. The molecule has 3 aliphatic heterocycles. The Hall–Kier alpha value is -6.16. The number of rotatable bonds is 12. The monoisotopic (exact) mass is 862 g/mol. The Balaban J connectivity index is 1.05. The maximum Gasteiger partial charge on any atom is 0.407 e. The molecule has 0 aliphatic carbocycles. The number of carbonyl (C=O) groups excluding carboxylic acids is 4. The highest BCUT2D eigenvalue weighted by Crippen LogP contribution is 2.44. The zero-order valence-electron chi connectivity index (χ0n) is 37.2. The van der Waals surface area contributed by atoms with Crippen LogP contribution in [0.3, 0.4) is 0 Å². The van der Waals surface area contributed by atoms with E-state index in [1.807, 2.05) is 50.5 Å². The average Bonchev–Trinajstić information content (AvgIpc) is 4.11. The summed E-state index contributed by atoms with van der Waals surface area (Å²) in [6, 6.07) is 12.5. The number of likely N-dealkylation sites (tertiary alicyclic amines) is 2. The number of H-pyrrole nitrogens is 2. The largest absolute Gasteiger partial charge is 0.488 e. The molecule has 2 unspecified atom stereocenters. The van der Waals surface area contributed by atoms with Crippen LogP contribution in [0.5, 0.6) is 5.75 Å². The molecule has 4 N–H and O–H groups in total. The summed E-state index contributed by atoms with van der Waals surface area (Å²) >= 11 is 0. The van der Waals surface area contributed by atoms with Gasteiger partial charge in [0, 0.05) is 36.6 Å². The lowest BCUT2D eigenvalue weighted by molar-refractivity contribution is -0.137. The lowest BCUT2D eigenvalue weighted by atomic mass is 9.92. The van der Waals surface area contributed by atoms with E-state index in [0.29, 0.717) is 44.2 Å². The molecule has 4 amide bonds. The molecule has 2 fully saturated rings. The van der Waals surface area contributed by atoms with Gasteiger partial charge in [-0.15, -0.1) is 0 Å². The van der Waals surface area contributed by atoms with E-state index >= 15 is 0 Å². The SMILES string of the molecule is CC[C@H](C)[C@H](NC(=O)OC)C(=O)N1C[C@@H](COC)CC1c1ncc(-c2ccc3c(c2)COc2cc4c(ccc5[nH]c(C6CC[C@H](C)N6C(=O)[C@@H](NC(=O)OC)C(C)C)nc54)cc2-3)[nH]1. The molecule has 7 atom stereocenters. The van der Waals surface area contributed by atoms with E-state index in [9.17, 15) is 19.2 Å². The maximum atomic E-state index is 14.1. The minimum absolute atomic E-state index is 0.0303. The fraction of sp³-hybridized carbons (Fsp3) is 0.489. The van der Waals surface area contributed by atoms with E-state index in [2.05, 4.69) is 57.0 Å². The fourth-order valence-corrected chi connectivity index (χ4v) is 9.60. The highest BCUT2D eigenvalue weighted by Gasteiger charge is 2.43. The molecule has 3 aromatic carbocycles. The molecule has 0 radical (unpaired) electrons. The average molecular weight is 863 g/mol. The summed E-state index contributed by atoms with van der Waals surface area (Å²) in [6.45, 7) is 11.1. The number of imidazole rings is 2. The lowest BCUT2D eigenvalue weighted by Gasteiger charge is -2.32. The van der Waals surface area contributed by atoms with Crippen molar-refractivity contribution in [2.45, 2.75) is 97.1 Å². The van der Waals surface area contributed by atoms with Crippen LogP contribution < -0.4 is 15.4 Å². The zero-order chi connectivity index (χ0) is 44.7. The van der Waals surface area contributed by atoms with E-state index in [-0.39, 0.29) is 47.7 Å². The number of nitrogens with zero attached hydrogens (tertiary/aromatic N) is 4. The minimum Gasteiger partial charge on any atom is -0.488 e. The third kappa shape index (κ3) is 8.28. The Labute approximate surface area is 366 Å². The Morgan fingerprint density at radius 1 is 0.889 bits per heavy atom. The smallest absolute Gasteiger partial charge is 0.407 e. The van der Waals surface area contributed by atoms with Crippen molar-refractivity contribution in [3.05, 3.63) is 65.9 Å². The third-order valence-electron chi connectivity index (χ3n) is 13.2. The van der Waals surface area contributed by atoms with Gasteiger partial charge in [-0.1, -0.05) is 52.3 Å². The number of fused-ring (bicyclic) bond motifs is 6. The van der Waals surface area contributed by atoms with Crippen LogP contribution in [0.15, 0.2) is 48.7 Å². The first kappa shape index (κ1) is 43.5. The van der Waals surface area contributed by atoms with Gasteiger partial charge in [-0.3, -0.25) is 9.59 Å². The summed E-state index contributed by atoms with van der Waals surface area (Å²) in [7, 11) is 4.25. The summed E-state index contributed by atoms with van der Waals surface area (Å²) in [4.78, 5) is 73.2. The van der Waals surface area contributed by atoms with Crippen molar-refractivity contribution in [2.75, 3.05) is 34.5 Å². The molecule has 8 rings (SSSR count). The van der Waals surface area contributed by atoms with Crippen molar-refractivity contribution < 1.29 is 38.1 Å². The van der Waals surface area contributed by atoms with Crippen LogP contribution in [0, 0.1) is 17.8 Å². The lowest BCUT2D eigenvalue weighted by Crippen LogP contribution is -2.52. The first-order valence-corrected chi connectivity index (χ1v) is 21.9.